The van der Waals surface area contributed by atoms with Crippen molar-refractivity contribution in [3.05, 3.63) is 12.2 Å². The normalized spacial score (nSPS) is 18.5. The van der Waals surface area contributed by atoms with Gasteiger partial charge in [-0.2, -0.15) is 0 Å². The minimum atomic E-state index is -0.201. The molecule has 0 atom stereocenters. The number of hydrogen-bond acceptors (Lipinski definition) is 1. The summed E-state index contributed by atoms with van der Waals surface area (Å²) in [6.07, 6.45) is 7.23. The van der Waals surface area contributed by atoms with Gasteiger partial charge in [0.25, 0.3) is 0 Å². The van der Waals surface area contributed by atoms with E-state index in [9.17, 15) is 4.39 Å². The predicted molar refractivity (Wildman–Crippen MR) is 40.8 cm³/mol. The highest BCUT2D eigenvalue weighted by Crippen LogP contribution is 2.08. The van der Waals surface area contributed by atoms with Crippen LogP contribution in [0.25, 0.3) is 0 Å². The first-order valence-electron chi connectivity index (χ1n) is 3.88. The Morgan fingerprint density at radius 1 is 1.40 bits per heavy atom. The molecule has 0 amide bonds. The second-order valence-corrected chi connectivity index (χ2v) is 2.64. The highest BCUT2D eigenvalue weighted by atomic mass is 19.1. The molecule has 10 heavy (non-hydrogen) atoms. The Bertz CT molecular complexity index is 104. The lowest BCUT2D eigenvalue weighted by atomic mass is 10.2. The molecule has 0 saturated heterocycles. The Balaban J connectivity index is 1.93. The van der Waals surface area contributed by atoms with Crippen LogP contribution >= 0.6 is 0 Å². The van der Waals surface area contributed by atoms with E-state index >= 15 is 0 Å². The van der Waals surface area contributed by atoms with Crippen molar-refractivity contribution in [3.63, 3.8) is 0 Å². The third-order valence-corrected chi connectivity index (χ3v) is 1.75. The van der Waals surface area contributed by atoms with Gasteiger partial charge in [0.15, 0.2) is 0 Å². The van der Waals surface area contributed by atoms with Crippen LogP contribution in [0.3, 0.4) is 0 Å². The van der Waals surface area contributed by atoms with Crippen LogP contribution in [0.4, 0.5) is 4.39 Å². The van der Waals surface area contributed by atoms with E-state index in [1.807, 2.05) is 0 Å². The molecule has 0 aliphatic heterocycles. The molecule has 0 saturated carbocycles. The summed E-state index contributed by atoms with van der Waals surface area (Å²) in [5, 5.41) is 3.28. The van der Waals surface area contributed by atoms with E-state index in [1.54, 1.807) is 0 Å². The van der Waals surface area contributed by atoms with Gasteiger partial charge in [-0.15, -0.1) is 0 Å². The van der Waals surface area contributed by atoms with E-state index in [2.05, 4.69) is 17.5 Å². The lowest BCUT2D eigenvalue weighted by Gasteiger charge is -2.09. The lowest BCUT2D eigenvalue weighted by molar-refractivity contribution is 0.440. The second kappa shape index (κ2) is 4.45. The van der Waals surface area contributed by atoms with Gasteiger partial charge < -0.3 is 5.32 Å². The molecule has 1 aliphatic carbocycles. The van der Waals surface area contributed by atoms with E-state index < -0.39 is 0 Å². The van der Waals surface area contributed by atoms with Gasteiger partial charge in [0, 0.05) is 6.04 Å². The van der Waals surface area contributed by atoms with Crippen LogP contribution < -0.4 is 5.32 Å². The molecular formula is C8H14FN. The highest BCUT2D eigenvalue weighted by molar-refractivity contribution is 4.97. The van der Waals surface area contributed by atoms with Gasteiger partial charge in [-0.1, -0.05) is 12.2 Å². The molecule has 1 rings (SSSR count). The minimum absolute atomic E-state index is 0.201. The zero-order valence-corrected chi connectivity index (χ0v) is 6.15. The molecule has 0 unspecified atom stereocenters. The van der Waals surface area contributed by atoms with Gasteiger partial charge in [-0.25, -0.2) is 0 Å². The van der Waals surface area contributed by atoms with Gasteiger partial charge in [0.1, 0.15) is 0 Å². The van der Waals surface area contributed by atoms with Crippen molar-refractivity contribution in [2.45, 2.75) is 25.3 Å². The average molecular weight is 143 g/mol. The Morgan fingerprint density at radius 3 is 2.70 bits per heavy atom. The third-order valence-electron chi connectivity index (χ3n) is 1.75. The first-order valence-corrected chi connectivity index (χ1v) is 3.88. The predicted octanol–water partition coefficient (Wildman–Crippen LogP) is 1.65. The summed E-state index contributed by atoms with van der Waals surface area (Å²) in [5.41, 5.74) is 0. The molecule has 2 heteroatoms. The van der Waals surface area contributed by atoms with Crippen LogP contribution in [0.2, 0.25) is 0 Å². The van der Waals surface area contributed by atoms with E-state index in [-0.39, 0.29) is 6.67 Å². The summed E-state index contributed by atoms with van der Waals surface area (Å²) in [7, 11) is 0. The number of hydrogen-bond donors (Lipinski definition) is 1. The Morgan fingerprint density at radius 2 is 2.10 bits per heavy atom. The van der Waals surface area contributed by atoms with Crippen LogP contribution in [0.15, 0.2) is 12.2 Å². The molecule has 0 heterocycles. The first kappa shape index (κ1) is 7.73. The van der Waals surface area contributed by atoms with Crippen LogP contribution in [0.1, 0.15) is 19.3 Å². The van der Waals surface area contributed by atoms with E-state index in [1.165, 1.54) is 0 Å². The smallest absolute Gasteiger partial charge is 0.0906 e. The number of alkyl halides is 1. The number of halogens is 1. The summed E-state index contributed by atoms with van der Waals surface area (Å²) < 4.78 is 11.6. The zero-order valence-electron chi connectivity index (χ0n) is 6.15. The van der Waals surface area contributed by atoms with Crippen LogP contribution in [-0.2, 0) is 0 Å². The molecule has 1 nitrogen and oxygen atoms in total. The molecule has 1 aliphatic rings. The van der Waals surface area contributed by atoms with Crippen LogP contribution in [0.5, 0.6) is 0 Å². The largest absolute Gasteiger partial charge is 0.313 e. The highest BCUT2D eigenvalue weighted by Gasteiger charge is 2.07. The van der Waals surface area contributed by atoms with Crippen molar-refractivity contribution in [1.82, 2.24) is 5.32 Å². The van der Waals surface area contributed by atoms with Crippen molar-refractivity contribution >= 4 is 0 Å². The van der Waals surface area contributed by atoms with E-state index in [0.717, 1.165) is 19.4 Å². The van der Waals surface area contributed by atoms with E-state index in [0.29, 0.717) is 12.5 Å². The third kappa shape index (κ3) is 2.48. The second-order valence-electron chi connectivity index (χ2n) is 2.64. The maximum atomic E-state index is 11.6. The molecule has 1 N–H and O–H groups in total. The van der Waals surface area contributed by atoms with Crippen LogP contribution in [0, 0.1) is 0 Å². The Hall–Kier alpha value is -0.370. The summed E-state index contributed by atoms with van der Waals surface area (Å²) in [4.78, 5) is 0. The van der Waals surface area contributed by atoms with Gasteiger partial charge in [0.2, 0.25) is 0 Å². The molecule has 0 bridgehead atoms. The molecule has 0 radical (unpaired) electrons. The molecule has 0 aromatic heterocycles. The van der Waals surface area contributed by atoms with Gasteiger partial charge >= 0.3 is 0 Å². The topological polar surface area (TPSA) is 12.0 Å². The molecule has 0 aromatic carbocycles. The van der Waals surface area contributed by atoms with Crippen LogP contribution in [-0.4, -0.2) is 19.3 Å². The van der Waals surface area contributed by atoms with Crippen molar-refractivity contribution in [2.24, 2.45) is 0 Å². The number of nitrogens with one attached hydrogen (secondary N) is 1. The minimum Gasteiger partial charge on any atom is -0.313 e. The standard InChI is InChI=1S/C8H14FN/c9-6-3-7-10-8-4-1-2-5-8/h1-2,8,10H,3-7H2. The Kier molecular flexibility index (Phi) is 3.44. The summed E-state index contributed by atoms with van der Waals surface area (Å²) in [5.74, 6) is 0. The van der Waals surface area contributed by atoms with Crippen molar-refractivity contribution < 1.29 is 4.39 Å². The fraction of sp³-hybridized carbons (Fsp3) is 0.750. The lowest BCUT2D eigenvalue weighted by Crippen LogP contribution is -2.27. The summed E-state index contributed by atoms with van der Waals surface area (Å²) >= 11 is 0. The SMILES string of the molecule is FCCCNC1CC=CC1. The molecular weight excluding hydrogens is 129 g/mol. The molecule has 58 valence electrons. The monoisotopic (exact) mass is 143 g/mol. The van der Waals surface area contributed by atoms with Crippen molar-refractivity contribution in [1.29, 1.82) is 0 Å². The average Bonchev–Trinajstić information content (AvgIpc) is 2.41. The van der Waals surface area contributed by atoms with Gasteiger partial charge in [-0.3, -0.25) is 4.39 Å². The Labute approximate surface area is 61.3 Å². The van der Waals surface area contributed by atoms with Gasteiger partial charge in [0.05, 0.1) is 6.67 Å². The maximum absolute atomic E-state index is 11.6. The summed E-state index contributed by atoms with van der Waals surface area (Å²) in [6, 6.07) is 0.589. The molecule has 0 aromatic rings. The summed E-state index contributed by atoms with van der Waals surface area (Å²) in [6.45, 7) is 0.621. The molecule has 0 fully saturated rings. The quantitative estimate of drug-likeness (QED) is 0.466. The maximum Gasteiger partial charge on any atom is 0.0906 e. The van der Waals surface area contributed by atoms with E-state index in [4.69, 9.17) is 0 Å². The first-order chi connectivity index (χ1) is 4.93. The zero-order chi connectivity index (χ0) is 7.23. The van der Waals surface area contributed by atoms with Crippen molar-refractivity contribution in [3.8, 4) is 0 Å². The van der Waals surface area contributed by atoms with Crippen molar-refractivity contribution in [2.75, 3.05) is 13.2 Å². The molecule has 0 spiro atoms. The number of rotatable bonds is 4. The fourth-order valence-corrected chi connectivity index (χ4v) is 1.16. The van der Waals surface area contributed by atoms with Gasteiger partial charge in [-0.05, 0) is 25.8 Å². The fourth-order valence-electron chi connectivity index (χ4n) is 1.16.